The standard InChI is InChI=1S/C5H11N.HI/c1-4-5(2)6(4)3;/h4-5H,1-3H3;1H. The molecule has 1 aliphatic heterocycles. The molecule has 1 fully saturated rings. The average molecular weight is 213 g/mol. The third-order valence-electron chi connectivity index (χ3n) is 2.08. The molecule has 0 radical (unpaired) electrons. The van der Waals surface area contributed by atoms with Crippen molar-refractivity contribution in [3.8, 4) is 0 Å². The van der Waals surface area contributed by atoms with E-state index in [0.29, 0.717) is 0 Å². The normalized spacial score (nSPS) is 47.6. The molecule has 0 spiro atoms. The molecule has 7 heavy (non-hydrogen) atoms. The van der Waals surface area contributed by atoms with Crippen LogP contribution < -0.4 is 28.9 Å². The van der Waals surface area contributed by atoms with E-state index in [1.54, 1.807) is 4.90 Å². The smallest absolute Gasteiger partial charge is 0.137 e. The molecule has 0 aromatic carbocycles. The van der Waals surface area contributed by atoms with Gasteiger partial charge in [0.25, 0.3) is 0 Å². The lowest BCUT2D eigenvalue weighted by atomic mass is 10.4. The molecule has 1 rings (SSSR count). The molecule has 1 saturated heterocycles. The molecule has 2 unspecified atom stereocenters. The van der Waals surface area contributed by atoms with E-state index in [2.05, 4.69) is 20.9 Å². The van der Waals surface area contributed by atoms with Crippen molar-refractivity contribution in [2.45, 2.75) is 25.9 Å². The highest BCUT2D eigenvalue weighted by atomic mass is 127. The van der Waals surface area contributed by atoms with Gasteiger partial charge in [-0.2, -0.15) is 0 Å². The zero-order valence-electron chi connectivity index (χ0n) is 5.03. The van der Waals surface area contributed by atoms with E-state index >= 15 is 0 Å². The summed E-state index contributed by atoms with van der Waals surface area (Å²) >= 11 is 0. The minimum absolute atomic E-state index is 0. The number of likely N-dealkylation sites (N-methyl/N-ethyl adjacent to an activating group) is 1. The SMILES string of the molecule is CC1C(C)[NH+]1C.[I-]. The van der Waals surface area contributed by atoms with Gasteiger partial charge in [0.15, 0.2) is 0 Å². The third kappa shape index (κ3) is 1.29. The van der Waals surface area contributed by atoms with Crippen molar-refractivity contribution >= 4 is 0 Å². The van der Waals surface area contributed by atoms with Crippen LogP contribution in [0.1, 0.15) is 13.8 Å². The van der Waals surface area contributed by atoms with Crippen molar-refractivity contribution in [2.75, 3.05) is 7.05 Å². The molecule has 0 saturated carbocycles. The minimum Gasteiger partial charge on any atom is -1.00 e. The quantitative estimate of drug-likeness (QED) is 0.312. The average Bonchev–Trinajstić information content (AvgIpc) is 1.94. The number of quaternary nitrogens is 1. The Balaban J connectivity index is 0.000000360. The van der Waals surface area contributed by atoms with Crippen LogP contribution in [0, 0.1) is 0 Å². The molecule has 0 aliphatic carbocycles. The highest BCUT2D eigenvalue weighted by molar-refractivity contribution is 4.68. The van der Waals surface area contributed by atoms with Crippen LogP contribution >= 0.6 is 0 Å². The molecule has 1 heterocycles. The van der Waals surface area contributed by atoms with Crippen molar-refractivity contribution in [3.63, 3.8) is 0 Å². The summed E-state index contributed by atoms with van der Waals surface area (Å²) in [5.41, 5.74) is 0. The molecular weight excluding hydrogens is 201 g/mol. The fourth-order valence-electron chi connectivity index (χ4n) is 0.776. The van der Waals surface area contributed by atoms with E-state index in [1.165, 1.54) is 0 Å². The van der Waals surface area contributed by atoms with Crippen LogP contribution in [0.2, 0.25) is 0 Å². The lowest BCUT2D eigenvalue weighted by Gasteiger charge is -1.74. The Morgan fingerprint density at radius 2 is 1.29 bits per heavy atom. The van der Waals surface area contributed by atoms with Crippen LogP contribution in [0.3, 0.4) is 0 Å². The van der Waals surface area contributed by atoms with Crippen LogP contribution in [-0.4, -0.2) is 19.1 Å². The molecular formula is C5H12IN. The van der Waals surface area contributed by atoms with Gasteiger partial charge < -0.3 is 28.9 Å². The van der Waals surface area contributed by atoms with E-state index in [1.807, 2.05) is 0 Å². The van der Waals surface area contributed by atoms with E-state index in [0.717, 1.165) is 12.1 Å². The van der Waals surface area contributed by atoms with Gasteiger partial charge in [0, 0.05) is 0 Å². The number of hydrogen-bond donors (Lipinski definition) is 1. The second-order valence-corrected chi connectivity index (χ2v) is 2.32. The number of halogens is 1. The first-order valence-corrected chi connectivity index (χ1v) is 2.57. The first-order valence-electron chi connectivity index (χ1n) is 2.57. The largest absolute Gasteiger partial charge is 1.00 e. The van der Waals surface area contributed by atoms with Crippen LogP contribution in [0.4, 0.5) is 0 Å². The summed E-state index contributed by atoms with van der Waals surface area (Å²) < 4.78 is 0. The Labute approximate surface area is 62.1 Å². The van der Waals surface area contributed by atoms with Crippen LogP contribution in [0.25, 0.3) is 0 Å². The van der Waals surface area contributed by atoms with E-state index < -0.39 is 0 Å². The summed E-state index contributed by atoms with van der Waals surface area (Å²) in [7, 11) is 2.23. The van der Waals surface area contributed by atoms with Gasteiger partial charge in [-0.1, -0.05) is 0 Å². The summed E-state index contributed by atoms with van der Waals surface area (Å²) in [6.07, 6.45) is 0. The molecule has 1 N–H and O–H groups in total. The molecule has 44 valence electrons. The third-order valence-corrected chi connectivity index (χ3v) is 2.08. The van der Waals surface area contributed by atoms with Gasteiger partial charge in [-0.15, -0.1) is 0 Å². The van der Waals surface area contributed by atoms with Crippen molar-refractivity contribution in [2.24, 2.45) is 0 Å². The number of hydrogen-bond acceptors (Lipinski definition) is 0. The van der Waals surface area contributed by atoms with Gasteiger partial charge in [0.1, 0.15) is 12.1 Å². The summed E-state index contributed by atoms with van der Waals surface area (Å²) in [5, 5.41) is 0. The molecule has 1 aliphatic rings. The maximum absolute atomic E-state index is 2.28. The summed E-state index contributed by atoms with van der Waals surface area (Å²) in [5.74, 6) is 0. The van der Waals surface area contributed by atoms with Gasteiger partial charge in [-0.05, 0) is 13.8 Å². The van der Waals surface area contributed by atoms with Crippen LogP contribution in [0.5, 0.6) is 0 Å². The summed E-state index contributed by atoms with van der Waals surface area (Å²) in [6.45, 7) is 4.56. The lowest BCUT2D eigenvalue weighted by molar-refractivity contribution is -0.762. The Morgan fingerprint density at radius 3 is 1.29 bits per heavy atom. The van der Waals surface area contributed by atoms with Crippen molar-refractivity contribution in [3.05, 3.63) is 0 Å². The fraction of sp³-hybridized carbons (Fsp3) is 1.00. The van der Waals surface area contributed by atoms with E-state index in [9.17, 15) is 0 Å². The molecule has 0 bridgehead atoms. The molecule has 0 amide bonds. The fourth-order valence-corrected chi connectivity index (χ4v) is 0.776. The monoisotopic (exact) mass is 213 g/mol. The minimum atomic E-state index is 0. The summed E-state index contributed by atoms with van der Waals surface area (Å²) in [6, 6.07) is 1.87. The molecule has 2 heteroatoms. The van der Waals surface area contributed by atoms with E-state index in [-0.39, 0.29) is 24.0 Å². The van der Waals surface area contributed by atoms with Gasteiger partial charge in [0.2, 0.25) is 0 Å². The highest BCUT2D eigenvalue weighted by Crippen LogP contribution is 1.94. The zero-order chi connectivity index (χ0) is 4.73. The highest BCUT2D eigenvalue weighted by Gasteiger charge is 2.42. The van der Waals surface area contributed by atoms with Gasteiger partial charge in [0.05, 0.1) is 7.05 Å². The Morgan fingerprint density at radius 1 is 1.14 bits per heavy atom. The van der Waals surface area contributed by atoms with Crippen molar-refractivity contribution in [1.29, 1.82) is 0 Å². The first kappa shape index (κ1) is 7.69. The Hall–Kier alpha value is 0.690. The topological polar surface area (TPSA) is 4.44 Å². The van der Waals surface area contributed by atoms with Crippen molar-refractivity contribution < 1.29 is 28.9 Å². The van der Waals surface area contributed by atoms with Gasteiger partial charge in [-0.3, -0.25) is 0 Å². The van der Waals surface area contributed by atoms with Crippen molar-refractivity contribution in [1.82, 2.24) is 0 Å². The number of nitrogens with one attached hydrogen (secondary N) is 1. The predicted octanol–water partition coefficient (Wildman–Crippen LogP) is -3.70. The molecule has 1 nitrogen and oxygen atoms in total. The van der Waals surface area contributed by atoms with Crippen LogP contribution in [0.15, 0.2) is 0 Å². The lowest BCUT2D eigenvalue weighted by Crippen LogP contribution is -3.00. The summed E-state index contributed by atoms with van der Waals surface area (Å²) in [4.78, 5) is 1.68. The van der Waals surface area contributed by atoms with Crippen LogP contribution in [-0.2, 0) is 0 Å². The van der Waals surface area contributed by atoms with Gasteiger partial charge in [-0.25, -0.2) is 0 Å². The Kier molecular flexibility index (Phi) is 2.53. The number of rotatable bonds is 0. The Bertz CT molecular complexity index is 44.8. The second kappa shape index (κ2) is 2.31. The zero-order valence-corrected chi connectivity index (χ0v) is 7.19. The predicted molar refractivity (Wildman–Crippen MR) is 25.8 cm³/mol. The molecule has 0 aromatic rings. The molecule has 2 atom stereocenters. The second-order valence-electron chi connectivity index (χ2n) is 2.32. The maximum atomic E-state index is 2.28. The van der Waals surface area contributed by atoms with E-state index in [4.69, 9.17) is 0 Å². The van der Waals surface area contributed by atoms with Gasteiger partial charge >= 0.3 is 0 Å². The maximum Gasteiger partial charge on any atom is 0.137 e. The first-order chi connectivity index (χ1) is 2.73. The molecule has 0 aromatic heterocycles.